The van der Waals surface area contributed by atoms with Gasteiger partial charge in [0.05, 0.1) is 22.9 Å². The highest BCUT2D eigenvalue weighted by Crippen LogP contribution is 2.24. The van der Waals surface area contributed by atoms with E-state index in [1.165, 1.54) is 11.3 Å². The number of para-hydroxylation sites is 1. The Morgan fingerprint density at radius 2 is 1.90 bits per heavy atom. The van der Waals surface area contributed by atoms with Crippen LogP contribution in [0, 0.1) is 0 Å². The van der Waals surface area contributed by atoms with E-state index in [4.69, 9.17) is 0 Å². The highest BCUT2D eigenvalue weighted by Gasteiger charge is 2.16. The number of amides is 1. The van der Waals surface area contributed by atoms with Crippen LogP contribution in [-0.4, -0.2) is 20.6 Å². The lowest BCUT2D eigenvalue weighted by Gasteiger charge is -2.18. The van der Waals surface area contributed by atoms with Crippen LogP contribution in [0.1, 0.15) is 28.2 Å². The largest absolute Gasteiger partial charge is 0.345 e. The minimum absolute atomic E-state index is 0.174. The molecule has 0 aliphatic rings. The zero-order valence-corrected chi connectivity index (χ0v) is 13.3. The first-order chi connectivity index (χ1) is 9.87. The van der Waals surface area contributed by atoms with E-state index in [-0.39, 0.29) is 11.9 Å². The summed E-state index contributed by atoms with van der Waals surface area (Å²) in [5, 5.41) is 4.69. The van der Waals surface area contributed by atoms with Gasteiger partial charge in [-0.15, -0.1) is 11.3 Å². The number of hydrogen-bond acceptors (Lipinski definition) is 4. The van der Waals surface area contributed by atoms with Gasteiger partial charge < -0.3 is 5.32 Å². The lowest BCUT2D eigenvalue weighted by molar-refractivity contribution is 0.0944. The number of nitrogens with one attached hydrogen (secondary N) is 2. The maximum Gasteiger partial charge on any atom is 0.261 e. The molecule has 1 amide bonds. The molecule has 1 atom stereocenters. The minimum atomic E-state index is -3.37. The second-order valence-electron chi connectivity index (χ2n) is 4.63. The van der Waals surface area contributed by atoms with E-state index in [1.54, 1.807) is 30.3 Å². The standard InChI is InChI=1S/C14H16N2O3S2/c1-10(15-14(17)13-8-5-9-20-13)11-6-3-4-7-12(11)16-21(2,18)19/h3-10,16H,1-2H3,(H,15,17). The van der Waals surface area contributed by atoms with Gasteiger partial charge in [-0.3, -0.25) is 9.52 Å². The van der Waals surface area contributed by atoms with Gasteiger partial charge >= 0.3 is 0 Å². The Hall–Kier alpha value is -1.86. The third-order valence-corrected chi connectivity index (χ3v) is 4.27. The number of thiophene rings is 1. The highest BCUT2D eigenvalue weighted by atomic mass is 32.2. The molecule has 2 aromatic rings. The van der Waals surface area contributed by atoms with Crippen molar-refractivity contribution >= 4 is 33.0 Å². The lowest BCUT2D eigenvalue weighted by atomic mass is 10.1. The Kier molecular flexibility index (Phi) is 4.64. The van der Waals surface area contributed by atoms with E-state index in [1.807, 2.05) is 18.4 Å². The average molecular weight is 324 g/mol. The SMILES string of the molecule is CC(NC(=O)c1cccs1)c1ccccc1NS(C)(=O)=O. The van der Waals surface area contributed by atoms with Gasteiger partial charge in [-0.1, -0.05) is 24.3 Å². The normalized spacial score (nSPS) is 12.7. The molecule has 0 aliphatic carbocycles. The Bertz CT molecular complexity index is 724. The molecule has 2 N–H and O–H groups in total. The number of rotatable bonds is 5. The molecular formula is C14H16N2O3S2. The van der Waals surface area contributed by atoms with Gasteiger partial charge in [0.25, 0.3) is 5.91 Å². The molecule has 0 radical (unpaired) electrons. The van der Waals surface area contributed by atoms with Crippen molar-refractivity contribution in [3.63, 3.8) is 0 Å². The molecular weight excluding hydrogens is 308 g/mol. The molecule has 0 saturated heterocycles. The van der Waals surface area contributed by atoms with E-state index in [0.717, 1.165) is 6.26 Å². The van der Waals surface area contributed by atoms with Gasteiger partial charge in [-0.05, 0) is 30.0 Å². The van der Waals surface area contributed by atoms with Crippen LogP contribution in [0.3, 0.4) is 0 Å². The van der Waals surface area contributed by atoms with Gasteiger partial charge in [0, 0.05) is 0 Å². The Morgan fingerprint density at radius 3 is 2.52 bits per heavy atom. The summed E-state index contributed by atoms with van der Waals surface area (Å²) in [7, 11) is -3.37. The van der Waals surface area contributed by atoms with Crippen molar-refractivity contribution in [3.05, 3.63) is 52.2 Å². The van der Waals surface area contributed by atoms with Crippen molar-refractivity contribution in [2.45, 2.75) is 13.0 Å². The van der Waals surface area contributed by atoms with Gasteiger partial charge in [0.1, 0.15) is 0 Å². The van der Waals surface area contributed by atoms with E-state index in [9.17, 15) is 13.2 Å². The van der Waals surface area contributed by atoms with Crippen molar-refractivity contribution in [1.29, 1.82) is 0 Å². The van der Waals surface area contributed by atoms with Crippen LogP contribution >= 0.6 is 11.3 Å². The molecule has 1 aromatic carbocycles. The van der Waals surface area contributed by atoms with Gasteiger partial charge in [-0.2, -0.15) is 0 Å². The van der Waals surface area contributed by atoms with Gasteiger partial charge in [0.2, 0.25) is 10.0 Å². The van der Waals surface area contributed by atoms with Gasteiger partial charge in [0.15, 0.2) is 0 Å². The summed E-state index contributed by atoms with van der Waals surface area (Å²) in [5.41, 5.74) is 1.19. The molecule has 7 heteroatoms. The number of hydrogen-bond donors (Lipinski definition) is 2. The summed E-state index contributed by atoms with van der Waals surface area (Å²) >= 11 is 1.36. The average Bonchev–Trinajstić information content (AvgIpc) is 2.91. The fourth-order valence-electron chi connectivity index (χ4n) is 1.92. The summed E-state index contributed by atoms with van der Waals surface area (Å²) in [5.74, 6) is -0.174. The van der Waals surface area contributed by atoms with Crippen LogP contribution in [0.4, 0.5) is 5.69 Å². The van der Waals surface area contributed by atoms with Crippen LogP contribution < -0.4 is 10.0 Å². The van der Waals surface area contributed by atoms with Crippen LogP contribution in [0.25, 0.3) is 0 Å². The summed E-state index contributed by atoms with van der Waals surface area (Å²) in [4.78, 5) is 12.7. The molecule has 21 heavy (non-hydrogen) atoms. The minimum Gasteiger partial charge on any atom is -0.345 e. The quantitative estimate of drug-likeness (QED) is 0.888. The van der Waals surface area contributed by atoms with Crippen LogP contribution in [0.5, 0.6) is 0 Å². The molecule has 2 rings (SSSR count). The first-order valence-electron chi connectivity index (χ1n) is 6.28. The molecule has 0 aliphatic heterocycles. The molecule has 112 valence electrons. The fourth-order valence-corrected chi connectivity index (χ4v) is 3.13. The molecule has 0 fully saturated rings. The predicted octanol–water partition coefficient (Wildman–Crippen LogP) is 2.61. The summed E-state index contributed by atoms with van der Waals surface area (Å²) < 4.78 is 25.2. The van der Waals surface area contributed by atoms with Crippen molar-refractivity contribution < 1.29 is 13.2 Å². The van der Waals surface area contributed by atoms with Crippen molar-refractivity contribution in [1.82, 2.24) is 5.32 Å². The first-order valence-corrected chi connectivity index (χ1v) is 9.05. The zero-order valence-electron chi connectivity index (χ0n) is 11.7. The molecule has 1 unspecified atom stereocenters. The summed E-state index contributed by atoms with van der Waals surface area (Å²) in [6, 6.07) is 10.2. The van der Waals surface area contributed by atoms with Crippen molar-refractivity contribution in [2.24, 2.45) is 0 Å². The Morgan fingerprint density at radius 1 is 1.19 bits per heavy atom. The third kappa shape index (κ3) is 4.30. The number of anilines is 1. The second-order valence-corrected chi connectivity index (χ2v) is 7.33. The molecule has 0 spiro atoms. The lowest BCUT2D eigenvalue weighted by Crippen LogP contribution is -2.26. The second kappa shape index (κ2) is 6.28. The Balaban J connectivity index is 2.19. The van der Waals surface area contributed by atoms with Gasteiger partial charge in [-0.25, -0.2) is 8.42 Å². The topological polar surface area (TPSA) is 75.3 Å². The van der Waals surface area contributed by atoms with E-state index < -0.39 is 10.0 Å². The van der Waals surface area contributed by atoms with Crippen LogP contribution in [-0.2, 0) is 10.0 Å². The third-order valence-electron chi connectivity index (χ3n) is 2.82. The molecule has 1 heterocycles. The van der Waals surface area contributed by atoms with Crippen LogP contribution in [0.2, 0.25) is 0 Å². The number of carbonyl (C=O) groups is 1. The molecule has 5 nitrogen and oxygen atoms in total. The van der Waals surface area contributed by atoms with E-state index >= 15 is 0 Å². The maximum atomic E-state index is 12.0. The number of benzene rings is 1. The fraction of sp³-hybridized carbons (Fsp3) is 0.214. The highest BCUT2D eigenvalue weighted by molar-refractivity contribution is 7.92. The maximum absolute atomic E-state index is 12.0. The Labute approximate surface area is 128 Å². The predicted molar refractivity (Wildman–Crippen MR) is 85.1 cm³/mol. The van der Waals surface area contributed by atoms with Crippen molar-refractivity contribution in [2.75, 3.05) is 11.0 Å². The first kappa shape index (κ1) is 15.5. The monoisotopic (exact) mass is 324 g/mol. The smallest absolute Gasteiger partial charge is 0.261 e. The summed E-state index contributed by atoms with van der Waals surface area (Å²) in [6.07, 6.45) is 1.10. The van der Waals surface area contributed by atoms with E-state index in [2.05, 4.69) is 10.0 Å². The van der Waals surface area contributed by atoms with Crippen molar-refractivity contribution in [3.8, 4) is 0 Å². The van der Waals surface area contributed by atoms with E-state index in [0.29, 0.717) is 16.1 Å². The molecule has 1 aromatic heterocycles. The number of carbonyl (C=O) groups excluding carboxylic acids is 1. The molecule has 0 bridgehead atoms. The zero-order chi connectivity index (χ0) is 15.5. The number of sulfonamides is 1. The van der Waals surface area contributed by atoms with Crippen LogP contribution in [0.15, 0.2) is 41.8 Å². The molecule has 0 saturated carbocycles. The summed E-state index contributed by atoms with van der Waals surface area (Å²) in [6.45, 7) is 1.81.